The number of benzene rings is 2. The molecule has 244 valence electrons. The molecule has 2 unspecified atom stereocenters. The summed E-state index contributed by atoms with van der Waals surface area (Å²) in [4.78, 5) is 23.7. The molecule has 0 bridgehead atoms. The highest BCUT2D eigenvalue weighted by Crippen LogP contribution is 2.35. The molecule has 0 aliphatic carbocycles. The lowest BCUT2D eigenvalue weighted by Gasteiger charge is -2.18. The fourth-order valence-electron chi connectivity index (χ4n) is 4.28. The molecular formula is C33H40O6S6. The molecular weight excluding hydrogens is 685 g/mol. The third-order valence-electron chi connectivity index (χ3n) is 6.52. The number of hydrogen-bond acceptors (Lipinski definition) is 12. The Morgan fingerprint density at radius 2 is 1.07 bits per heavy atom. The van der Waals surface area contributed by atoms with E-state index < -0.39 is 11.9 Å². The quantitative estimate of drug-likeness (QED) is 0.102. The van der Waals surface area contributed by atoms with Crippen molar-refractivity contribution in [3.05, 3.63) is 85.0 Å². The lowest BCUT2D eigenvalue weighted by atomic mass is 10.0. The second kappa shape index (κ2) is 20.7. The van der Waals surface area contributed by atoms with Crippen molar-refractivity contribution in [1.29, 1.82) is 0 Å². The SMILES string of the molecule is C=CC(=O)OC(COc1ccc(Cc2ccc(OCC(CSCC3SCCS3)OC(=O)C=C)cc2)cc1)CSCC1SCCS1. The molecule has 2 aromatic carbocycles. The zero-order valence-electron chi connectivity index (χ0n) is 25.2. The first-order valence-electron chi connectivity index (χ1n) is 14.7. The summed E-state index contributed by atoms with van der Waals surface area (Å²) >= 11 is 11.6. The first-order chi connectivity index (χ1) is 22.0. The van der Waals surface area contributed by atoms with E-state index in [1.165, 1.54) is 35.2 Å². The van der Waals surface area contributed by atoms with Gasteiger partial charge in [0, 0.05) is 58.2 Å². The van der Waals surface area contributed by atoms with E-state index in [2.05, 4.69) is 13.2 Å². The molecule has 12 heteroatoms. The number of hydrogen-bond donors (Lipinski definition) is 0. The minimum absolute atomic E-state index is 0.295. The summed E-state index contributed by atoms with van der Waals surface area (Å²) in [5, 5.41) is 0. The Kier molecular flexibility index (Phi) is 16.8. The summed E-state index contributed by atoms with van der Waals surface area (Å²) in [6, 6.07) is 16.0. The van der Waals surface area contributed by atoms with Gasteiger partial charge in [0.1, 0.15) is 36.9 Å². The molecule has 2 aliphatic heterocycles. The number of thioether (sulfide) groups is 6. The summed E-state index contributed by atoms with van der Waals surface area (Å²) in [7, 11) is 0. The van der Waals surface area contributed by atoms with Crippen LogP contribution in [0, 0.1) is 0 Å². The van der Waals surface area contributed by atoms with Gasteiger partial charge in [-0.1, -0.05) is 37.4 Å². The van der Waals surface area contributed by atoms with Crippen LogP contribution >= 0.6 is 70.6 Å². The molecule has 2 aliphatic rings. The standard InChI is InChI=1S/C33H40O6S6/c1-3-30(34)38-28(20-40-22-32-42-13-14-43-32)18-36-26-9-5-24(6-10-26)17-25-7-11-27(12-8-25)37-19-29(39-31(35)4-2)21-41-23-33-44-15-16-45-33/h3-12,28-29,32-33H,1-2,13-23H2. The largest absolute Gasteiger partial charge is 0.490 e. The van der Waals surface area contributed by atoms with Gasteiger partial charge in [-0.15, -0.1) is 47.0 Å². The molecule has 2 aromatic rings. The summed E-state index contributed by atoms with van der Waals surface area (Å²) in [6.45, 7) is 7.62. The molecule has 2 atom stereocenters. The van der Waals surface area contributed by atoms with Gasteiger partial charge in [0.25, 0.3) is 0 Å². The van der Waals surface area contributed by atoms with Gasteiger partial charge < -0.3 is 18.9 Å². The number of esters is 2. The van der Waals surface area contributed by atoms with Crippen molar-refractivity contribution in [2.75, 3.05) is 59.2 Å². The number of carbonyl (C=O) groups is 2. The van der Waals surface area contributed by atoms with Gasteiger partial charge in [-0.3, -0.25) is 0 Å². The van der Waals surface area contributed by atoms with Crippen molar-refractivity contribution in [3.8, 4) is 11.5 Å². The predicted octanol–water partition coefficient (Wildman–Crippen LogP) is 7.31. The van der Waals surface area contributed by atoms with E-state index >= 15 is 0 Å². The van der Waals surface area contributed by atoms with E-state index in [1.54, 1.807) is 23.5 Å². The molecule has 45 heavy (non-hydrogen) atoms. The Morgan fingerprint density at radius 1 is 0.689 bits per heavy atom. The maximum Gasteiger partial charge on any atom is 0.330 e. The van der Waals surface area contributed by atoms with Crippen molar-refractivity contribution < 1.29 is 28.5 Å². The van der Waals surface area contributed by atoms with E-state index in [4.69, 9.17) is 18.9 Å². The van der Waals surface area contributed by atoms with E-state index in [0.29, 0.717) is 33.9 Å². The van der Waals surface area contributed by atoms with Gasteiger partial charge in [-0.2, -0.15) is 23.5 Å². The van der Waals surface area contributed by atoms with Gasteiger partial charge in [-0.25, -0.2) is 9.59 Å². The average Bonchev–Trinajstić information content (AvgIpc) is 3.78. The highest BCUT2D eigenvalue weighted by molar-refractivity contribution is 8.21. The van der Waals surface area contributed by atoms with Crippen molar-refractivity contribution in [2.45, 2.75) is 27.8 Å². The van der Waals surface area contributed by atoms with E-state index in [9.17, 15) is 9.59 Å². The van der Waals surface area contributed by atoms with Crippen LogP contribution in [0.5, 0.6) is 11.5 Å². The molecule has 0 N–H and O–H groups in total. The Hall–Kier alpha value is -1.44. The topological polar surface area (TPSA) is 71.1 Å². The highest BCUT2D eigenvalue weighted by Gasteiger charge is 2.20. The van der Waals surface area contributed by atoms with Gasteiger partial charge in [0.2, 0.25) is 0 Å². The molecule has 2 fully saturated rings. The zero-order chi connectivity index (χ0) is 31.7. The Morgan fingerprint density at radius 3 is 1.42 bits per heavy atom. The first kappa shape index (κ1) is 36.4. The lowest BCUT2D eigenvalue weighted by Crippen LogP contribution is -2.27. The maximum absolute atomic E-state index is 11.8. The Labute approximate surface area is 292 Å². The molecule has 0 spiro atoms. The van der Waals surface area contributed by atoms with Crippen LogP contribution in [0.25, 0.3) is 0 Å². The van der Waals surface area contributed by atoms with Crippen molar-refractivity contribution in [1.82, 2.24) is 0 Å². The Balaban J connectivity index is 1.20. The molecule has 0 amide bonds. The molecule has 2 heterocycles. The van der Waals surface area contributed by atoms with Crippen molar-refractivity contribution >= 4 is 82.5 Å². The summed E-state index contributed by atoms with van der Waals surface area (Å²) in [6.07, 6.45) is 2.48. The third kappa shape index (κ3) is 14.1. The summed E-state index contributed by atoms with van der Waals surface area (Å²) < 4.78 is 24.3. The van der Waals surface area contributed by atoms with Crippen molar-refractivity contribution in [2.24, 2.45) is 0 Å². The highest BCUT2D eigenvalue weighted by atomic mass is 32.2. The van der Waals surface area contributed by atoms with Crippen LogP contribution in [-0.4, -0.2) is 92.5 Å². The van der Waals surface area contributed by atoms with E-state index in [1.807, 2.05) is 95.6 Å². The van der Waals surface area contributed by atoms with Gasteiger partial charge >= 0.3 is 11.9 Å². The number of carbonyl (C=O) groups excluding carboxylic acids is 2. The first-order valence-corrected chi connectivity index (χ1v) is 21.2. The predicted molar refractivity (Wildman–Crippen MR) is 199 cm³/mol. The van der Waals surface area contributed by atoms with Crippen LogP contribution in [0.15, 0.2) is 73.8 Å². The average molecular weight is 725 g/mol. The van der Waals surface area contributed by atoms with Crippen LogP contribution < -0.4 is 9.47 Å². The molecule has 2 saturated heterocycles. The lowest BCUT2D eigenvalue weighted by molar-refractivity contribution is -0.144. The second-order valence-electron chi connectivity index (χ2n) is 10.0. The maximum atomic E-state index is 11.8. The van der Waals surface area contributed by atoms with Gasteiger partial charge in [-0.05, 0) is 41.8 Å². The number of ether oxygens (including phenoxy) is 4. The van der Waals surface area contributed by atoms with E-state index in [0.717, 1.165) is 40.6 Å². The van der Waals surface area contributed by atoms with E-state index in [-0.39, 0.29) is 12.2 Å². The third-order valence-corrected chi connectivity index (χ3v) is 15.8. The molecule has 6 nitrogen and oxygen atoms in total. The zero-order valence-corrected chi connectivity index (χ0v) is 30.1. The van der Waals surface area contributed by atoms with Crippen LogP contribution in [0.1, 0.15) is 11.1 Å². The molecule has 0 radical (unpaired) electrons. The number of rotatable bonds is 20. The van der Waals surface area contributed by atoms with Crippen LogP contribution in [0.4, 0.5) is 0 Å². The molecule has 0 saturated carbocycles. The molecule has 4 rings (SSSR count). The van der Waals surface area contributed by atoms with Crippen molar-refractivity contribution in [3.63, 3.8) is 0 Å². The van der Waals surface area contributed by atoms with Crippen LogP contribution in [0.3, 0.4) is 0 Å². The minimum atomic E-state index is -0.427. The monoisotopic (exact) mass is 724 g/mol. The fourth-order valence-corrected chi connectivity index (χ4v) is 13.0. The van der Waals surface area contributed by atoms with Gasteiger partial charge in [0.15, 0.2) is 0 Å². The second-order valence-corrected chi connectivity index (χ2v) is 18.0. The normalized spacial score (nSPS) is 16.5. The Bertz CT molecular complexity index is 1110. The summed E-state index contributed by atoms with van der Waals surface area (Å²) in [5.74, 6) is 8.89. The van der Waals surface area contributed by atoms with Crippen LogP contribution in [-0.2, 0) is 25.5 Å². The molecule has 0 aromatic heterocycles. The smallest absolute Gasteiger partial charge is 0.330 e. The minimum Gasteiger partial charge on any atom is -0.490 e. The van der Waals surface area contributed by atoms with Crippen LogP contribution in [0.2, 0.25) is 0 Å². The summed E-state index contributed by atoms with van der Waals surface area (Å²) in [5.41, 5.74) is 2.31. The van der Waals surface area contributed by atoms with Gasteiger partial charge in [0.05, 0.1) is 9.16 Å². The fraction of sp³-hybridized carbons (Fsp3) is 0.455.